The zero-order chi connectivity index (χ0) is 36.6. The molecule has 1 aliphatic rings. The Labute approximate surface area is 299 Å². The van der Waals surface area contributed by atoms with Crippen LogP contribution in [-0.4, -0.2) is 65.3 Å². The van der Waals surface area contributed by atoms with E-state index in [9.17, 15) is 9.18 Å². The molecule has 50 heavy (non-hydrogen) atoms. The van der Waals surface area contributed by atoms with Crippen LogP contribution in [0, 0.1) is 12.7 Å². The minimum Gasteiger partial charge on any atom is -0.444 e. The standard InChI is InChI=1S/C38H56FN5O4Si2/c1-12-27-19-26(2)31(39)21-30(27)28-13-14-29-33(20-28)44(25-47-16-18-50(9,10)11)41-35(29)36-40-32-22-42(37(45)48-38(3,4)5)23-34(32)43(36)24-46-15-17-49(6,7)8/h13-14,19-21H,12,15-18,22-25H2,1-11H3. The molecule has 0 saturated carbocycles. The molecule has 0 fully saturated rings. The number of nitrogens with zero attached hydrogens (tertiary/aromatic N) is 5. The van der Waals surface area contributed by atoms with Gasteiger partial charge in [-0.15, -0.1) is 0 Å². The van der Waals surface area contributed by atoms with Gasteiger partial charge >= 0.3 is 6.09 Å². The van der Waals surface area contributed by atoms with E-state index in [1.165, 1.54) is 0 Å². The predicted molar refractivity (Wildman–Crippen MR) is 204 cm³/mol. The Bertz CT molecular complexity index is 1850. The van der Waals surface area contributed by atoms with Crippen molar-refractivity contribution in [2.45, 2.75) is 125 Å². The maximum atomic E-state index is 14.9. The summed E-state index contributed by atoms with van der Waals surface area (Å²) in [6.45, 7) is 26.1. The number of rotatable bonds is 13. The summed E-state index contributed by atoms with van der Waals surface area (Å²) >= 11 is 0. The van der Waals surface area contributed by atoms with Crippen LogP contribution < -0.4 is 0 Å². The molecule has 0 unspecified atom stereocenters. The van der Waals surface area contributed by atoms with Gasteiger partial charge in [-0.25, -0.2) is 18.9 Å². The van der Waals surface area contributed by atoms with Crippen molar-refractivity contribution in [1.82, 2.24) is 24.2 Å². The first-order chi connectivity index (χ1) is 23.3. The molecule has 1 aliphatic heterocycles. The minimum atomic E-state index is -1.30. The number of benzene rings is 2. The van der Waals surface area contributed by atoms with Crippen molar-refractivity contribution in [2.75, 3.05) is 13.2 Å². The van der Waals surface area contributed by atoms with Gasteiger partial charge in [0, 0.05) is 34.7 Å². The van der Waals surface area contributed by atoms with Crippen LogP contribution in [0.3, 0.4) is 0 Å². The quantitative estimate of drug-likeness (QED) is 0.101. The molecule has 2 aromatic heterocycles. The van der Waals surface area contributed by atoms with Crippen LogP contribution >= 0.6 is 0 Å². The largest absolute Gasteiger partial charge is 0.444 e. The van der Waals surface area contributed by atoms with Gasteiger partial charge in [-0.1, -0.05) is 58.3 Å². The van der Waals surface area contributed by atoms with Crippen molar-refractivity contribution in [3.05, 3.63) is 58.7 Å². The van der Waals surface area contributed by atoms with Crippen LogP contribution in [-0.2, 0) is 47.2 Å². The number of hydrogen-bond acceptors (Lipinski definition) is 6. The van der Waals surface area contributed by atoms with E-state index in [2.05, 4.69) is 62.9 Å². The lowest BCUT2D eigenvalue weighted by Crippen LogP contribution is -2.34. The molecule has 9 nitrogen and oxygen atoms in total. The summed E-state index contributed by atoms with van der Waals surface area (Å²) in [4.78, 5) is 19.9. The number of aromatic nitrogens is 4. The number of halogens is 1. The van der Waals surface area contributed by atoms with Crippen LogP contribution in [0.2, 0.25) is 51.4 Å². The van der Waals surface area contributed by atoms with Gasteiger partial charge in [0.25, 0.3) is 0 Å². The van der Waals surface area contributed by atoms with Crippen LogP contribution in [0.25, 0.3) is 33.5 Å². The third-order valence-corrected chi connectivity index (χ3v) is 12.4. The van der Waals surface area contributed by atoms with Gasteiger partial charge in [-0.05, 0) is 86.7 Å². The lowest BCUT2D eigenvalue weighted by molar-refractivity contribution is 0.0232. The first-order valence-corrected chi connectivity index (χ1v) is 25.3. The molecular formula is C38H56FN5O4Si2. The number of imidazole rings is 1. The molecule has 272 valence electrons. The van der Waals surface area contributed by atoms with Crippen LogP contribution in [0.4, 0.5) is 9.18 Å². The molecule has 0 aliphatic carbocycles. The maximum absolute atomic E-state index is 14.9. The van der Waals surface area contributed by atoms with Gasteiger partial charge in [0.2, 0.25) is 0 Å². The van der Waals surface area contributed by atoms with Crippen molar-refractivity contribution in [1.29, 1.82) is 0 Å². The van der Waals surface area contributed by atoms with E-state index in [0.717, 1.165) is 63.2 Å². The fraction of sp³-hybridized carbons (Fsp3) is 0.553. The Morgan fingerprint density at radius 1 is 0.940 bits per heavy atom. The molecule has 2 aromatic carbocycles. The molecule has 5 rings (SSSR count). The highest BCUT2D eigenvalue weighted by Crippen LogP contribution is 2.36. The van der Waals surface area contributed by atoms with Crippen molar-refractivity contribution in [3.63, 3.8) is 0 Å². The minimum absolute atomic E-state index is 0.215. The Morgan fingerprint density at radius 2 is 1.60 bits per heavy atom. The topological polar surface area (TPSA) is 83.6 Å². The molecule has 0 spiro atoms. The number of carbonyl (C=O) groups is 1. The molecular weight excluding hydrogens is 666 g/mol. The Hall–Kier alpha value is -3.33. The third-order valence-electron chi connectivity index (χ3n) is 8.95. The highest BCUT2D eigenvalue weighted by Gasteiger charge is 2.34. The summed E-state index contributed by atoms with van der Waals surface area (Å²) < 4.78 is 37.1. The predicted octanol–water partition coefficient (Wildman–Crippen LogP) is 9.45. The first kappa shape index (κ1) is 37.9. The number of fused-ring (bicyclic) bond motifs is 2. The number of amides is 1. The Kier molecular flexibility index (Phi) is 11.2. The van der Waals surface area contributed by atoms with Gasteiger partial charge in [0.15, 0.2) is 5.82 Å². The van der Waals surface area contributed by atoms with E-state index in [4.69, 9.17) is 24.3 Å². The summed E-state index contributed by atoms with van der Waals surface area (Å²) in [5.41, 5.74) is 6.30. The second kappa shape index (κ2) is 14.7. The second-order valence-electron chi connectivity index (χ2n) is 17.0. The summed E-state index contributed by atoms with van der Waals surface area (Å²) in [5.74, 6) is 0.480. The van der Waals surface area contributed by atoms with Gasteiger partial charge in [-0.2, -0.15) is 5.10 Å². The summed E-state index contributed by atoms with van der Waals surface area (Å²) in [7, 11) is -2.59. The highest BCUT2D eigenvalue weighted by atomic mass is 28.3. The van der Waals surface area contributed by atoms with E-state index in [1.807, 2.05) is 44.5 Å². The SMILES string of the molecule is CCc1cc(C)c(F)cc1-c1ccc2c(-c3nc4c(n3COCC[Si](C)(C)C)CN(C(=O)OC(C)(C)C)C4)nn(COCC[Si](C)(C)C)c2c1. The van der Waals surface area contributed by atoms with E-state index < -0.39 is 21.7 Å². The summed E-state index contributed by atoms with van der Waals surface area (Å²) in [6, 6.07) is 11.9. The summed E-state index contributed by atoms with van der Waals surface area (Å²) in [6.07, 6.45) is 0.430. The van der Waals surface area contributed by atoms with E-state index in [1.54, 1.807) is 11.0 Å². The molecule has 1 amide bonds. The Morgan fingerprint density at radius 3 is 2.22 bits per heavy atom. The molecule has 0 N–H and O–H groups in total. The zero-order valence-electron chi connectivity index (χ0n) is 32.0. The van der Waals surface area contributed by atoms with E-state index in [-0.39, 0.29) is 18.6 Å². The van der Waals surface area contributed by atoms with E-state index in [0.29, 0.717) is 44.4 Å². The average molecular weight is 722 g/mol. The van der Waals surface area contributed by atoms with Crippen molar-refractivity contribution >= 4 is 33.1 Å². The second-order valence-corrected chi connectivity index (χ2v) is 28.2. The third kappa shape index (κ3) is 9.12. The molecule has 3 heterocycles. The fourth-order valence-electron chi connectivity index (χ4n) is 6.00. The number of carbonyl (C=O) groups excluding carboxylic acids is 1. The lowest BCUT2D eigenvalue weighted by Gasteiger charge is -2.24. The molecule has 0 saturated heterocycles. The smallest absolute Gasteiger partial charge is 0.410 e. The molecule has 0 radical (unpaired) electrons. The normalized spacial score (nSPS) is 13.8. The van der Waals surface area contributed by atoms with Gasteiger partial charge in [0.1, 0.15) is 30.6 Å². The van der Waals surface area contributed by atoms with Crippen molar-refractivity contribution < 1.29 is 23.4 Å². The number of aryl methyl sites for hydroxylation is 2. The monoisotopic (exact) mass is 721 g/mol. The highest BCUT2D eigenvalue weighted by molar-refractivity contribution is 6.76. The maximum Gasteiger partial charge on any atom is 0.410 e. The van der Waals surface area contributed by atoms with Crippen LogP contribution in [0.15, 0.2) is 30.3 Å². The van der Waals surface area contributed by atoms with Gasteiger partial charge in [-0.3, -0.25) is 4.90 Å². The van der Waals surface area contributed by atoms with Crippen molar-refractivity contribution in [3.8, 4) is 22.6 Å². The average Bonchev–Trinajstić information content (AvgIpc) is 3.68. The van der Waals surface area contributed by atoms with Gasteiger partial charge in [0.05, 0.1) is 30.0 Å². The molecule has 0 atom stereocenters. The zero-order valence-corrected chi connectivity index (χ0v) is 34.0. The van der Waals surface area contributed by atoms with Gasteiger partial charge < -0.3 is 18.8 Å². The van der Waals surface area contributed by atoms with Crippen LogP contribution in [0.1, 0.15) is 50.2 Å². The first-order valence-electron chi connectivity index (χ1n) is 17.9. The number of ether oxygens (including phenoxy) is 3. The lowest BCUT2D eigenvalue weighted by atomic mass is 9.95. The Balaban J connectivity index is 1.58. The summed E-state index contributed by atoms with van der Waals surface area (Å²) in [5, 5.41) is 6.06. The number of hydrogen-bond donors (Lipinski definition) is 0. The van der Waals surface area contributed by atoms with E-state index >= 15 is 0 Å². The van der Waals surface area contributed by atoms with Crippen LogP contribution in [0.5, 0.6) is 0 Å². The molecule has 12 heteroatoms. The van der Waals surface area contributed by atoms with Crippen molar-refractivity contribution in [2.24, 2.45) is 0 Å². The fourth-order valence-corrected chi connectivity index (χ4v) is 7.52. The molecule has 0 bridgehead atoms. The molecule has 4 aromatic rings.